The van der Waals surface area contributed by atoms with Crippen LogP contribution in [0.3, 0.4) is 0 Å². The van der Waals surface area contributed by atoms with Crippen molar-refractivity contribution in [2.75, 3.05) is 13.1 Å². The van der Waals surface area contributed by atoms with Gasteiger partial charge in [0, 0.05) is 6.04 Å². The lowest BCUT2D eigenvalue weighted by atomic mass is 9.73. The Bertz CT molecular complexity index is 302. The molecular formula is C16H29NO. The first-order chi connectivity index (χ1) is 8.40. The fraction of sp³-hybridized carbons (Fsp3) is 0.875. The fourth-order valence-corrected chi connectivity index (χ4v) is 3.60. The van der Waals surface area contributed by atoms with E-state index in [-0.39, 0.29) is 0 Å². The van der Waals surface area contributed by atoms with Gasteiger partial charge in [-0.15, -0.1) is 0 Å². The van der Waals surface area contributed by atoms with Crippen LogP contribution in [0.1, 0.15) is 52.9 Å². The third kappa shape index (κ3) is 2.97. The van der Waals surface area contributed by atoms with Gasteiger partial charge >= 0.3 is 0 Å². The molecule has 1 heterocycles. The molecule has 0 aromatic heterocycles. The van der Waals surface area contributed by atoms with E-state index in [2.05, 4.69) is 25.3 Å². The Morgan fingerprint density at radius 2 is 1.89 bits per heavy atom. The van der Waals surface area contributed by atoms with Gasteiger partial charge in [-0.1, -0.05) is 19.1 Å². The Hall–Kier alpha value is -0.340. The molecule has 18 heavy (non-hydrogen) atoms. The molecule has 1 N–H and O–H groups in total. The van der Waals surface area contributed by atoms with Crippen LogP contribution in [0.15, 0.2) is 12.2 Å². The first-order valence-electron chi connectivity index (χ1n) is 7.52. The number of allylic oxidation sites excluding steroid dienone is 1. The fourth-order valence-electron chi connectivity index (χ4n) is 3.60. The summed E-state index contributed by atoms with van der Waals surface area (Å²) in [5.41, 5.74) is 0.785. The molecule has 0 aromatic rings. The van der Waals surface area contributed by atoms with E-state index in [0.717, 1.165) is 38.3 Å². The highest BCUT2D eigenvalue weighted by molar-refractivity contribution is 5.05. The molecule has 2 heteroatoms. The molecule has 1 aliphatic carbocycles. The van der Waals surface area contributed by atoms with Gasteiger partial charge in [-0.05, 0) is 70.9 Å². The third-order valence-corrected chi connectivity index (χ3v) is 5.18. The largest absolute Gasteiger partial charge is 0.389 e. The molecule has 3 atom stereocenters. The molecular weight excluding hydrogens is 222 g/mol. The SMILES string of the molecule is C=C(C)[C@H]1CC[C@@](C)(O)[C@H](N2CCC(C)CC2)C1. The molecule has 0 spiro atoms. The molecule has 2 fully saturated rings. The topological polar surface area (TPSA) is 23.5 Å². The van der Waals surface area contributed by atoms with E-state index in [1.807, 2.05) is 6.92 Å². The van der Waals surface area contributed by atoms with E-state index in [9.17, 15) is 5.11 Å². The maximum atomic E-state index is 10.7. The minimum Gasteiger partial charge on any atom is -0.389 e. The second kappa shape index (κ2) is 5.34. The van der Waals surface area contributed by atoms with Crippen molar-refractivity contribution in [2.24, 2.45) is 11.8 Å². The van der Waals surface area contributed by atoms with Crippen molar-refractivity contribution in [1.82, 2.24) is 4.90 Å². The quantitative estimate of drug-likeness (QED) is 0.762. The van der Waals surface area contributed by atoms with Gasteiger partial charge in [-0.25, -0.2) is 0 Å². The van der Waals surface area contributed by atoms with Gasteiger partial charge in [0.25, 0.3) is 0 Å². The van der Waals surface area contributed by atoms with Crippen molar-refractivity contribution < 1.29 is 5.11 Å². The number of piperidine rings is 1. The summed E-state index contributed by atoms with van der Waals surface area (Å²) >= 11 is 0. The van der Waals surface area contributed by atoms with Gasteiger partial charge < -0.3 is 5.11 Å². The average Bonchev–Trinajstić information content (AvgIpc) is 2.30. The van der Waals surface area contributed by atoms with Crippen molar-refractivity contribution in [3.63, 3.8) is 0 Å². The molecule has 0 aromatic carbocycles. The van der Waals surface area contributed by atoms with E-state index in [4.69, 9.17) is 0 Å². The summed E-state index contributed by atoms with van der Waals surface area (Å²) in [5, 5.41) is 10.7. The van der Waals surface area contributed by atoms with Crippen LogP contribution in [-0.2, 0) is 0 Å². The number of hydrogen-bond donors (Lipinski definition) is 1. The van der Waals surface area contributed by atoms with E-state index < -0.39 is 5.60 Å². The van der Waals surface area contributed by atoms with Gasteiger partial charge in [0.2, 0.25) is 0 Å². The summed E-state index contributed by atoms with van der Waals surface area (Å²) in [4.78, 5) is 2.54. The van der Waals surface area contributed by atoms with Crippen LogP contribution in [0.5, 0.6) is 0 Å². The number of rotatable bonds is 2. The van der Waals surface area contributed by atoms with Crippen molar-refractivity contribution in [3.8, 4) is 0 Å². The summed E-state index contributed by atoms with van der Waals surface area (Å²) in [5.74, 6) is 1.46. The van der Waals surface area contributed by atoms with E-state index in [1.54, 1.807) is 0 Å². The summed E-state index contributed by atoms with van der Waals surface area (Å²) in [6, 6.07) is 0.334. The maximum absolute atomic E-state index is 10.7. The molecule has 0 unspecified atom stereocenters. The zero-order valence-electron chi connectivity index (χ0n) is 12.3. The lowest BCUT2D eigenvalue weighted by Gasteiger charge is -2.48. The molecule has 2 aliphatic rings. The smallest absolute Gasteiger partial charge is 0.0774 e. The molecule has 1 saturated heterocycles. The predicted octanol–water partition coefficient (Wildman–Crippen LogP) is 3.21. The van der Waals surface area contributed by atoms with Crippen molar-refractivity contribution in [3.05, 3.63) is 12.2 Å². The number of nitrogens with zero attached hydrogens (tertiary/aromatic N) is 1. The summed E-state index contributed by atoms with van der Waals surface area (Å²) in [6.07, 6.45) is 5.68. The second-order valence-electron chi connectivity index (χ2n) is 6.91. The zero-order valence-corrected chi connectivity index (χ0v) is 12.3. The second-order valence-corrected chi connectivity index (χ2v) is 6.91. The van der Waals surface area contributed by atoms with Gasteiger partial charge in [0.05, 0.1) is 5.60 Å². The van der Waals surface area contributed by atoms with E-state index >= 15 is 0 Å². The summed E-state index contributed by atoms with van der Waals surface area (Å²) in [7, 11) is 0. The van der Waals surface area contributed by atoms with Crippen molar-refractivity contribution in [1.29, 1.82) is 0 Å². The highest BCUT2D eigenvalue weighted by Gasteiger charge is 2.42. The number of aliphatic hydroxyl groups is 1. The lowest BCUT2D eigenvalue weighted by molar-refractivity contribution is -0.0766. The van der Waals surface area contributed by atoms with E-state index in [1.165, 1.54) is 18.4 Å². The normalized spacial score (nSPS) is 39.8. The Kier molecular flexibility index (Phi) is 4.18. The minimum absolute atomic E-state index is 0.334. The maximum Gasteiger partial charge on any atom is 0.0774 e. The lowest BCUT2D eigenvalue weighted by Crippen LogP contribution is -2.56. The van der Waals surface area contributed by atoms with Crippen molar-refractivity contribution in [2.45, 2.75) is 64.5 Å². The zero-order chi connectivity index (χ0) is 13.3. The molecule has 1 aliphatic heterocycles. The van der Waals surface area contributed by atoms with Gasteiger partial charge in [0.1, 0.15) is 0 Å². The van der Waals surface area contributed by atoms with Crippen LogP contribution in [0.2, 0.25) is 0 Å². The van der Waals surface area contributed by atoms with Crippen LogP contribution in [0.25, 0.3) is 0 Å². The molecule has 0 radical (unpaired) electrons. The van der Waals surface area contributed by atoms with Gasteiger partial charge in [-0.3, -0.25) is 4.90 Å². The Morgan fingerprint density at radius 3 is 2.44 bits per heavy atom. The number of hydrogen-bond acceptors (Lipinski definition) is 2. The standard InChI is InChI=1S/C16H29NO/c1-12(2)14-5-8-16(4,18)15(11-14)17-9-6-13(3)7-10-17/h13-15,18H,1,5-11H2,2-4H3/t14-,15+,16+/m0/s1. The van der Waals surface area contributed by atoms with Crippen LogP contribution < -0.4 is 0 Å². The summed E-state index contributed by atoms with van der Waals surface area (Å²) in [6.45, 7) is 12.9. The minimum atomic E-state index is -0.507. The Balaban J connectivity index is 2.04. The molecule has 0 bridgehead atoms. The molecule has 2 rings (SSSR count). The monoisotopic (exact) mass is 251 g/mol. The first-order valence-corrected chi connectivity index (χ1v) is 7.52. The third-order valence-electron chi connectivity index (χ3n) is 5.18. The summed E-state index contributed by atoms with van der Waals surface area (Å²) < 4.78 is 0. The Labute approximate surface area is 112 Å². The van der Waals surface area contributed by atoms with Crippen molar-refractivity contribution >= 4 is 0 Å². The molecule has 2 nitrogen and oxygen atoms in total. The highest BCUT2D eigenvalue weighted by Crippen LogP contribution is 2.39. The van der Waals surface area contributed by atoms with Gasteiger partial charge in [0.15, 0.2) is 0 Å². The highest BCUT2D eigenvalue weighted by atomic mass is 16.3. The first kappa shape index (κ1) is 14.1. The van der Waals surface area contributed by atoms with Gasteiger partial charge in [-0.2, -0.15) is 0 Å². The number of likely N-dealkylation sites (tertiary alicyclic amines) is 1. The molecule has 104 valence electrons. The van der Waals surface area contributed by atoms with Crippen LogP contribution in [-0.4, -0.2) is 34.7 Å². The van der Waals surface area contributed by atoms with Crippen LogP contribution in [0.4, 0.5) is 0 Å². The van der Waals surface area contributed by atoms with Crippen LogP contribution >= 0.6 is 0 Å². The van der Waals surface area contributed by atoms with Crippen LogP contribution in [0, 0.1) is 11.8 Å². The van der Waals surface area contributed by atoms with E-state index in [0.29, 0.717) is 12.0 Å². The average molecular weight is 251 g/mol. The predicted molar refractivity (Wildman–Crippen MR) is 76.5 cm³/mol. The molecule has 1 saturated carbocycles. The molecule has 0 amide bonds. The Morgan fingerprint density at radius 1 is 1.28 bits per heavy atom.